The quantitative estimate of drug-likeness (QED) is 0.745. The molecule has 1 fully saturated rings. The lowest BCUT2D eigenvalue weighted by molar-refractivity contribution is 0.500. The van der Waals surface area contributed by atoms with E-state index in [4.69, 9.17) is 4.98 Å². The zero-order valence-electron chi connectivity index (χ0n) is 14.1. The van der Waals surface area contributed by atoms with E-state index in [2.05, 4.69) is 50.0 Å². The van der Waals surface area contributed by atoms with Gasteiger partial charge in [-0.2, -0.15) is 0 Å². The van der Waals surface area contributed by atoms with Gasteiger partial charge in [0.25, 0.3) is 0 Å². The van der Waals surface area contributed by atoms with Crippen molar-refractivity contribution in [2.45, 2.75) is 72.0 Å². The van der Waals surface area contributed by atoms with Crippen LogP contribution in [-0.2, 0) is 6.54 Å². The van der Waals surface area contributed by atoms with Gasteiger partial charge in [0.2, 0.25) is 0 Å². The zero-order chi connectivity index (χ0) is 15.2. The van der Waals surface area contributed by atoms with Crippen LogP contribution in [0.1, 0.15) is 58.9 Å². The summed E-state index contributed by atoms with van der Waals surface area (Å²) in [7, 11) is 0. The summed E-state index contributed by atoms with van der Waals surface area (Å²) in [6.45, 7) is 11.2. The number of hydrogen-bond acceptors (Lipinski definition) is 3. The Labute approximate surface area is 130 Å². The first-order chi connectivity index (χ1) is 10.2. The average molecular weight is 289 g/mol. The summed E-state index contributed by atoms with van der Waals surface area (Å²) in [6, 6.07) is 5.62. The molecule has 2 rings (SSSR count). The summed E-state index contributed by atoms with van der Waals surface area (Å²) in [6.07, 6.45) is 6.95. The molecule has 0 amide bonds. The van der Waals surface area contributed by atoms with Crippen LogP contribution in [0.5, 0.6) is 0 Å². The fourth-order valence-corrected chi connectivity index (χ4v) is 2.90. The van der Waals surface area contributed by atoms with Crippen LogP contribution in [0.2, 0.25) is 0 Å². The Morgan fingerprint density at radius 1 is 1.29 bits per heavy atom. The van der Waals surface area contributed by atoms with E-state index >= 15 is 0 Å². The molecule has 3 nitrogen and oxygen atoms in total. The van der Waals surface area contributed by atoms with Crippen LogP contribution in [0.15, 0.2) is 18.3 Å². The molecule has 0 bridgehead atoms. The van der Waals surface area contributed by atoms with E-state index in [1.807, 2.05) is 6.20 Å². The topological polar surface area (TPSA) is 28.2 Å². The van der Waals surface area contributed by atoms with E-state index in [-0.39, 0.29) is 0 Å². The third-order valence-electron chi connectivity index (χ3n) is 4.24. The summed E-state index contributed by atoms with van der Waals surface area (Å²) in [4.78, 5) is 7.27. The minimum Gasteiger partial charge on any atom is -0.353 e. The fourth-order valence-electron chi connectivity index (χ4n) is 2.90. The Morgan fingerprint density at radius 3 is 2.57 bits per heavy atom. The molecule has 118 valence electrons. The van der Waals surface area contributed by atoms with Crippen molar-refractivity contribution in [2.24, 2.45) is 5.92 Å². The fraction of sp³-hybridized carbons (Fsp3) is 0.722. The third-order valence-corrected chi connectivity index (χ3v) is 4.24. The van der Waals surface area contributed by atoms with Gasteiger partial charge in [0, 0.05) is 36.9 Å². The molecule has 1 N–H and O–H groups in total. The minimum absolute atomic E-state index is 0.585. The Hall–Kier alpha value is -1.09. The molecule has 0 spiro atoms. The first kappa shape index (κ1) is 16.3. The summed E-state index contributed by atoms with van der Waals surface area (Å²) in [5.41, 5.74) is 1.34. The van der Waals surface area contributed by atoms with Crippen LogP contribution < -0.4 is 10.2 Å². The van der Waals surface area contributed by atoms with E-state index in [1.54, 1.807) is 0 Å². The lowest BCUT2D eigenvalue weighted by Crippen LogP contribution is -2.39. The SMILES string of the molecule is CCC(CC)N(CC(C)C)c1ncccc1CNC1CC1. The summed E-state index contributed by atoms with van der Waals surface area (Å²) >= 11 is 0. The molecule has 1 saturated carbocycles. The lowest BCUT2D eigenvalue weighted by Gasteiger charge is -2.34. The molecule has 21 heavy (non-hydrogen) atoms. The minimum atomic E-state index is 0.585. The zero-order valence-corrected chi connectivity index (χ0v) is 14.1. The number of hydrogen-bond donors (Lipinski definition) is 1. The molecule has 0 atom stereocenters. The monoisotopic (exact) mass is 289 g/mol. The Balaban J connectivity index is 2.19. The predicted molar refractivity (Wildman–Crippen MR) is 90.7 cm³/mol. The molecule has 1 heterocycles. The molecule has 0 aliphatic heterocycles. The molecular weight excluding hydrogens is 258 g/mol. The van der Waals surface area contributed by atoms with Crippen LogP contribution in [0.25, 0.3) is 0 Å². The van der Waals surface area contributed by atoms with Crippen LogP contribution in [-0.4, -0.2) is 23.6 Å². The molecule has 3 heteroatoms. The van der Waals surface area contributed by atoms with Gasteiger partial charge >= 0.3 is 0 Å². The molecular formula is C18H31N3. The van der Waals surface area contributed by atoms with Gasteiger partial charge in [0.1, 0.15) is 5.82 Å². The summed E-state index contributed by atoms with van der Waals surface area (Å²) in [5.74, 6) is 1.84. The third kappa shape index (κ3) is 4.70. The number of pyridine rings is 1. The number of nitrogens with zero attached hydrogens (tertiary/aromatic N) is 2. The van der Waals surface area contributed by atoms with Crippen LogP contribution in [0.3, 0.4) is 0 Å². The first-order valence-corrected chi connectivity index (χ1v) is 8.59. The van der Waals surface area contributed by atoms with E-state index in [1.165, 1.54) is 37.1 Å². The van der Waals surface area contributed by atoms with Crippen molar-refractivity contribution in [3.05, 3.63) is 23.9 Å². The van der Waals surface area contributed by atoms with Crippen LogP contribution in [0.4, 0.5) is 5.82 Å². The highest BCUT2D eigenvalue weighted by Gasteiger charge is 2.23. The van der Waals surface area contributed by atoms with Gasteiger partial charge in [-0.25, -0.2) is 4.98 Å². The van der Waals surface area contributed by atoms with Gasteiger partial charge in [-0.1, -0.05) is 33.8 Å². The maximum atomic E-state index is 4.73. The normalized spacial score (nSPS) is 15.0. The Bertz CT molecular complexity index is 422. The lowest BCUT2D eigenvalue weighted by atomic mass is 10.1. The second-order valence-electron chi connectivity index (χ2n) is 6.66. The van der Waals surface area contributed by atoms with E-state index in [0.29, 0.717) is 12.0 Å². The highest BCUT2D eigenvalue weighted by molar-refractivity contribution is 5.48. The van der Waals surface area contributed by atoms with E-state index in [0.717, 1.165) is 19.1 Å². The number of nitrogens with one attached hydrogen (secondary N) is 1. The van der Waals surface area contributed by atoms with Crippen LogP contribution in [0, 0.1) is 5.92 Å². The average Bonchev–Trinajstić information content (AvgIpc) is 3.29. The highest BCUT2D eigenvalue weighted by atomic mass is 15.2. The smallest absolute Gasteiger partial charge is 0.133 e. The van der Waals surface area contributed by atoms with Crippen molar-refractivity contribution in [3.63, 3.8) is 0 Å². The molecule has 0 unspecified atom stereocenters. The van der Waals surface area contributed by atoms with Crippen molar-refractivity contribution in [2.75, 3.05) is 11.4 Å². The van der Waals surface area contributed by atoms with Crippen molar-refractivity contribution >= 4 is 5.82 Å². The summed E-state index contributed by atoms with van der Waals surface area (Å²) in [5, 5.41) is 3.63. The maximum Gasteiger partial charge on any atom is 0.133 e. The molecule has 0 aromatic carbocycles. The number of anilines is 1. The Kier molecular flexibility index (Phi) is 6.04. The molecule has 1 aromatic heterocycles. The van der Waals surface area contributed by atoms with Crippen LogP contribution >= 0.6 is 0 Å². The van der Waals surface area contributed by atoms with Gasteiger partial charge in [0.05, 0.1) is 0 Å². The number of rotatable bonds is 9. The van der Waals surface area contributed by atoms with Gasteiger partial charge < -0.3 is 10.2 Å². The van der Waals surface area contributed by atoms with Gasteiger partial charge in [-0.15, -0.1) is 0 Å². The standard InChI is InChI=1S/C18H31N3/c1-5-17(6-2)21(13-14(3)4)18-15(8-7-11-19-18)12-20-16-9-10-16/h7-8,11,14,16-17,20H,5-6,9-10,12-13H2,1-4H3. The second-order valence-corrected chi connectivity index (χ2v) is 6.66. The Morgan fingerprint density at radius 2 is 2.00 bits per heavy atom. The van der Waals surface area contributed by atoms with Crippen molar-refractivity contribution < 1.29 is 0 Å². The number of aromatic nitrogens is 1. The van der Waals surface area contributed by atoms with Gasteiger partial charge in [0.15, 0.2) is 0 Å². The molecule has 1 aromatic rings. The van der Waals surface area contributed by atoms with Crippen molar-refractivity contribution in [1.82, 2.24) is 10.3 Å². The molecule has 1 aliphatic carbocycles. The van der Waals surface area contributed by atoms with E-state index in [9.17, 15) is 0 Å². The van der Waals surface area contributed by atoms with Gasteiger partial charge in [-0.05, 0) is 37.7 Å². The van der Waals surface area contributed by atoms with Crippen molar-refractivity contribution in [3.8, 4) is 0 Å². The molecule has 1 aliphatic rings. The summed E-state index contributed by atoms with van der Waals surface area (Å²) < 4.78 is 0. The van der Waals surface area contributed by atoms with Gasteiger partial charge in [-0.3, -0.25) is 0 Å². The second kappa shape index (κ2) is 7.79. The molecule has 0 radical (unpaired) electrons. The maximum absolute atomic E-state index is 4.73. The highest BCUT2D eigenvalue weighted by Crippen LogP contribution is 2.25. The largest absolute Gasteiger partial charge is 0.353 e. The van der Waals surface area contributed by atoms with Crippen molar-refractivity contribution in [1.29, 1.82) is 0 Å². The molecule has 0 saturated heterocycles. The predicted octanol–water partition coefficient (Wildman–Crippen LogP) is 3.98. The van der Waals surface area contributed by atoms with E-state index < -0.39 is 0 Å². The first-order valence-electron chi connectivity index (χ1n) is 8.59.